The lowest BCUT2D eigenvalue weighted by Gasteiger charge is -2.05. The number of hydrogen-bond donors (Lipinski definition) is 1. The minimum Gasteiger partial charge on any atom is -0.497 e. The van der Waals surface area contributed by atoms with E-state index in [0.717, 1.165) is 16.2 Å². The van der Waals surface area contributed by atoms with Crippen LogP contribution in [-0.2, 0) is 11.3 Å². The lowest BCUT2D eigenvalue weighted by atomic mass is 10.2. The van der Waals surface area contributed by atoms with Crippen molar-refractivity contribution in [3.63, 3.8) is 0 Å². The summed E-state index contributed by atoms with van der Waals surface area (Å²) in [6, 6.07) is 13.1. The summed E-state index contributed by atoms with van der Waals surface area (Å²) in [5.41, 5.74) is 1.04. The van der Waals surface area contributed by atoms with Crippen molar-refractivity contribution in [3.05, 3.63) is 57.8 Å². The van der Waals surface area contributed by atoms with Gasteiger partial charge >= 0.3 is 0 Å². The fourth-order valence-electron chi connectivity index (χ4n) is 1.69. The summed E-state index contributed by atoms with van der Waals surface area (Å²) in [4.78, 5) is 12.9. The van der Waals surface area contributed by atoms with E-state index in [1.165, 1.54) is 11.3 Å². The zero-order valence-corrected chi connectivity index (χ0v) is 12.3. The van der Waals surface area contributed by atoms with Crippen LogP contribution in [0, 0.1) is 11.3 Å². The Balaban J connectivity index is 1.98. The van der Waals surface area contributed by atoms with Crippen LogP contribution in [0.5, 0.6) is 5.75 Å². The standard InChI is InChI=1S/C16H14N2O2S/c1-20-14-6-4-12(5-7-14)11-18-16(19)13(10-17)9-15-3-2-8-21-15/h2-9H,11H2,1H3,(H,18,19)/b13-9-. The first kappa shape index (κ1) is 14.8. The molecule has 0 saturated heterocycles. The number of thiophene rings is 1. The van der Waals surface area contributed by atoms with E-state index in [1.807, 2.05) is 47.8 Å². The SMILES string of the molecule is COc1ccc(CNC(=O)/C(C#N)=C\c2cccs2)cc1. The third-order valence-corrected chi connectivity index (χ3v) is 3.63. The molecular formula is C16H14N2O2S. The lowest BCUT2D eigenvalue weighted by molar-refractivity contribution is -0.117. The zero-order chi connectivity index (χ0) is 15.1. The van der Waals surface area contributed by atoms with Crippen LogP contribution in [0.15, 0.2) is 47.4 Å². The minimum atomic E-state index is -0.373. The average Bonchev–Trinajstić information content (AvgIpc) is 3.03. The van der Waals surface area contributed by atoms with Gasteiger partial charge in [-0.25, -0.2) is 0 Å². The summed E-state index contributed by atoms with van der Waals surface area (Å²) >= 11 is 1.48. The summed E-state index contributed by atoms with van der Waals surface area (Å²) in [6.45, 7) is 0.367. The first-order chi connectivity index (χ1) is 10.2. The molecule has 21 heavy (non-hydrogen) atoms. The van der Waals surface area contributed by atoms with E-state index in [1.54, 1.807) is 13.2 Å². The normalized spacial score (nSPS) is 10.8. The number of nitrogens with zero attached hydrogens (tertiary/aromatic N) is 1. The van der Waals surface area contributed by atoms with Crippen molar-refractivity contribution in [1.82, 2.24) is 5.32 Å². The molecule has 0 fully saturated rings. The molecule has 0 unspecified atom stereocenters. The summed E-state index contributed by atoms with van der Waals surface area (Å²) < 4.78 is 5.07. The van der Waals surface area contributed by atoms with Crippen LogP contribution < -0.4 is 10.1 Å². The Hall–Kier alpha value is -2.58. The van der Waals surface area contributed by atoms with E-state index < -0.39 is 0 Å². The monoisotopic (exact) mass is 298 g/mol. The number of methoxy groups -OCH3 is 1. The molecule has 1 amide bonds. The molecule has 0 atom stereocenters. The van der Waals surface area contributed by atoms with Crippen molar-refractivity contribution in [3.8, 4) is 11.8 Å². The number of hydrogen-bond acceptors (Lipinski definition) is 4. The number of ether oxygens (including phenoxy) is 1. The molecular weight excluding hydrogens is 284 g/mol. The molecule has 1 N–H and O–H groups in total. The number of carbonyl (C=O) groups excluding carboxylic acids is 1. The third-order valence-electron chi connectivity index (χ3n) is 2.81. The first-order valence-electron chi connectivity index (χ1n) is 6.29. The number of rotatable bonds is 5. The van der Waals surface area contributed by atoms with Crippen molar-refractivity contribution in [1.29, 1.82) is 5.26 Å². The van der Waals surface area contributed by atoms with Crippen molar-refractivity contribution in [2.75, 3.05) is 7.11 Å². The molecule has 4 nitrogen and oxygen atoms in total. The number of benzene rings is 1. The fraction of sp³-hybridized carbons (Fsp3) is 0.125. The van der Waals surface area contributed by atoms with E-state index in [2.05, 4.69) is 5.32 Å². The highest BCUT2D eigenvalue weighted by Gasteiger charge is 2.09. The highest BCUT2D eigenvalue weighted by Crippen LogP contribution is 2.14. The second-order valence-electron chi connectivity index (χ2n) is 4.22. The Labute approximate surface area is 127 Å². The molecule has 1 aromatic heterocycles. The lowest BCUT2D eigenvalue weighted by Crippen LogP contribution is -2.23. The number of nitrogens with one attached hydrogen (secondary N) is 1. The molecule has 1 heterocycles. The maximum atomic E-state index is 12.0. The van der Waals surface area contributed by atoms with E-state index in [-0.39, 0.29) is 11.5 Å². The Morgan fingerprint density at radius 2 is 2.14 bits per heavy atom. The summed E-state index contributed by atoms with van der Waals surface area (Å²) in [5, 5.41) is 13.7. The number of nitriles is 1. The fourth-order valence-corrected chi connectivity index (χ4v) is 2.34. The van der Waals surface area contributed by atoms with E-state index in [4.69, 9.17) is 10.00 Å². The highest BCUT2D eigenvalue weighted by atomic mass is 32.1. The van der Waals surface area contributed by atoms with Gasteiger partial charge in [-0.15, -0.1) is 11.3 Å². The van der Waals surface area contributed by atoms with Gasteiger partial charge in [0.05, 0.1) is 7.11 Å². The molecule has 0 spiro atoms. The molecule has 0 aliphatic rings. The highest BCUT2D eigenvalue weighted by molar-refractivity contribution is 7.10. The van der Waals surface area contributed by atoms with Crippen LogP contribution in [0.25, 0.3) is 6.08 Å². The van der Waals surface area contributed by atoms with Gasteiger partial charge in [0.25, 0.3) is 5.91 Å². The maximum Gasteiger partial charge on any atom is 0.262 e. The number of amides is 1. The zero-order valence-electron chi connectivity index (χ0n) is 11.5. The van der Waals surface area contributed by atoms with E-state index in [0.29, 0.717) is 6.54 Å². The summed E-state index contributed by atoms with van der Waals surface area (Å²) in [7, 11) is 1.60. The predicted octanol–water partition coefficient (Wildman–Crippen LogP) is 2.98. The first-order valence-corrected chi connectivity index (χ1v) is 7.17. The molecule has 2 aromatic rings. The molecule has 5 heteroatoms. The van der Waals surface area contributed by atoms with Gasteiger partial charge in [0.15, 0.2) is 0 Å². The van der Waals surface area contributed by atoms with Crippen LogP contribution in [0.1, 0.15) is 10.4 Å². The topological polar surface area (TPSA) is 62.1 Å². The Morgan fingerprint density at radius 3 is 2.71 bits per heavy atom. The second kappa shape index (κ2) is 7.27. The van der Waals surface area contributed by atoms with Crippen LogP contribution in [0.3, 0.4) is 0 Å². The summed E-state index contributed by atoms with van der Waals surface area (Å²) in [6.07, 6.45) is 1.59. The molecule has 0 aliphatic carbocycles. The average molecular weight is 298 g/mol. The van der Waals surface area contributed by atoms with Crippen molar-refractivity contribution in [2.45, 2.75) is 6.54 Å². The predicted molar refractivity (Wildman–Crippen MR) is 82.7 cm³/mol. The van der Waals surface area contributed by atoms with E-state index in [9.17, 15) is 4.79 Å². The third kappa shape index (κ3) is 4.20. The molecule has 2 rings (SSSR count). The maximum absolute atomic E-state index is 12.0. The van der Waals surface area contributed by atoms with Crippen LogP contribution in [0.2, 0.25) is 0 Å². The Kier molecular flexibility index (Phi) is 5.13. The van der Waals surface area contributed by atoms with Crippen LogP contribution in [0.4, 0.5) is 0 Å². The quantitative estimate of drug-likeness (QED) is 0.682. The van der Waals surface area contributed by atoms with E-state index >= 15 is 0 Å². The van der Waals surface area contributed by atoms with Crippen molar-refractivity contribution < 1.29 is 9.53 Å². The number of carbonyl (C=O) groups is 1. The Bertz CT molecular complexity index is 667. The van der Waals surface area contributed by atoms with Gasteiger partial charge in [0, 0.05) is 11.4 Å². The van der Waals surface area contributed by atoms with Gasteiger partial charge in [0.1, 0.15) is 17.4 Å². The van der Waals surface area contributed by atoms with Gasteiger partial charge in [-0.2, -0.15) is 5.26 Å². The molecule has 0 saturated carbocycles. The smallest absolute Gasteiger partial charge is 0.262 e. The summed E-state index contributed by atoms with van der Waals surface area (Å²) in [5.74, 6) is 0.391. The van der Waals surface area contributed by atoms with Crippen LogP contribution in [-0.4, -0.2) is 13.0 Å². The second-order valence-corrected chi connectivity index (χ2v) is 5.20. The van der Waals surface area contributed by atoms with Gasteiger partial charge in [0.2, 0.25) is 0 Å². The van der Waals surface area contributed by atoms with Crippen LogP contribution >= 0.6 is 11.3 Å². The molecule has 0 bridgehead atoms. The molecule has 0 aliphatic heterocycles. The van der Waals surface area contributed by atoms with Gasteiger partial charge in [-0.3, -0.25) is 4.79 Å². The van der Waals surface area contributed by atoms with Crippen molar-refractivity contribution in [2.24, 2.45) is 0 Å². The molecule has 106 valence electrons. The molecule has 1 aromatic carbocycles. The molecule has 0 radical (unpaired) electrons. The Morgan fingerprint density at radius 1 is 1.38 bits per heavy atom. The van der Waals surface area contributed by atoms with Crippen molar-refractivity contribution >= 4 is 23.3 Å². The largest absolute Gasteiger partial charge is 0.497 e. The van der Waals surface area contributed by atoms with Gasteiger partial charge in [-0.05, 0) is 35.2 Å². The van der Waals surface area contributed by atoms with Gasteiger partial charge in [-0.1, -0.05) is 18.2 Å². The minimum absolute atomic E-state index is 0.103. The van der Waals surface area contributed by atoms with Gasteiger partial charge < -0.3 is 10.1 Å².